The molecule has 0 aliphatic heterocycles. The van der Waals surface area contributed by atoms with Gasteiger partial charge >= 0.3 is 0 Å². The minimum Gasteiger partial charge on any atom is -0.464 e. The summed E-state index contributed by atoms with van der Waals surface area (Å²) in [6.45, 7) is 8.12. The molecule has 1 amide bonds. The molecule has 0 radical (unpaired) electrons. The molecule has 1 aromatic heterocycles. The van der Waals surface area contributed by atoms with Gasteiger partial charge in [0, 0.05) is 36.8 Å². The number of benzene rings is 1. The smallest absolute Gasteiger partial charge is 0.293 e. The minimum absolute atomic E-state index is 0.0160. The van der Waals surface area contributed by atoms with E-state index < -0.39 is 0 Å². The van der Waals surface area contributed by atoms with E-state index in [0.717, 1.165) is 23.5 Å². The van der Waals surface area contributed by atoms with E-state index in [1.165, 1.54) is 61.6 Å². The molecule has 3 fully saturated rings. The molecule has 0 atom stereocenters. The van der Waals surface area contributed by atoms with Gasteiger partial charge in [-0.1, -0.05) is 37.8 Å². The zero-order chi connectivity index (χ0) is 23.9. The Bertz CT molecular complexity index is 1070. The zero-order valence-corrected chi connectivity index (χ0v) is 20.9. The van der Waals surface area contributed by atoms with Crippen molar-refractivity contribution in [2.45, 2.75) is 103 Å². The van der Waals surface area contributed by atoms with E-state index in [1.54, 1.807) is 0 Å². The maximum Gasteiger partial charge on any atom is 0.293 e. The van der Waals surface area contributed by atoms with Crippen LogP contribution in [-0.2, 0) is 21.5 Å². The van der Waals surface area contributed by atoms with Crippen LogP contribution in [0.15, 0.2) is 24.3 Å². The van der Waals surface area contributed by atoms with Gasteiger partial charge in [0.2, 0.25) is 0 Å². The Morgan fingerprint density at radius 3 is 2.53 bits per heavy atom. The van der Waals surface area contributed by atoms with E-state index in [4.69, 9.17) is 4.74 Å². The Morgan fingerprint density at radius 1 is 1.12 bits per heavy atom. The average molecular weight is 463 g/mol. The number of aryl methyl sites for hydroxylation is 1. The molecule has 3 aliphatic carbocycles. The van der Waals surface area contributed by atoms with Gasteiger partial charge in [0.15, 0.2) is 0 Å². The first-order valence-corrected chi connectivity index (χ1v) is 13.1. The maximum atomic E-state index is 13.3. The van der Waals surface area contributed by atoms with Crippen LogP contribution in [-0.4, -0.2) is 29.1 Å². The molecule has 3 saturated carbocycles. The summed E-state index contributed by atoms with van der Waals surface area (Å²) in [6.07, 6.45) is 10.3. The fraction of sp³-hybridized carbons (Fsp3) is 0.586. The van der Waals surface area contributed by atoms with Gasteiger partial charge in [-0.25, -0.2) is 0 Å². The Labute approximate surface area is 203 Å². The summed E-state index contributed by atoms with van der Waals surface area (Å²) >= 11 is 0. The number of carbonyl (C=O) groups excluding carboxylic acids is 2. The zero-order valence-electron chi connectivity index (χ0n) is 20.9. The van der Waals surface area contributed by atoms with Crippen molar-refractivity contribution in [2.75, 3.05) is 0 Å². The predicted molar refractivity (Wildman–Crippen MR) is 134 cm³/mol. The molecule has 0 spiro atoms. The van der Waals surface area contributed by atoms with Gasteiger partial charge in [-0.15, -0.1) is 0 Å². The highest BCUT2D eigenvalue weighted by atomic mass is 16.5. The summed E-state index contributed by atoms with van der Waals surface area (Å²) in [6, 6.07) is 9.15. The highest BCUT2D eigenvalue weighted by Crippen LogP contribution is 2.48. The van der Waals surface area contributed by atoms with E-state index in [9.17, 15) is 9.59 Å². The van der Waals surface area contributed by atoms with Crippen LogP contribution in [0, 0.1) is 19.8 Å². The Balaban J connectivity index is 1.45. The van der Waals surface area contributed by atoms with Crippen molar-refractivity contribution in [1.82, 2.24) is 9.88 Å². The molecule has 182 valence electrons. The van der Waals surface area contributed by atoms with Crippen molar-refractivity contribution < 1.29 is 14.3 Å². The molecule has 1 aromatic carbocycles. The van der Waals surface area contributed by atoms with E-state index in [0.29, 0.717) is 30.6 Å². The SMILES string of the molecule is Cc1cc(-c2cc(C(=O)N[C@H]3C[C@H](OC=O)C3)c(C)n2CC2CCCCC2)cc(C2(C)CC2)c1. The maximum absolute atomic E-state index is 13.3. The van der Waals surface area contributed by atoms with Crippen LogP contribution in [0.5, 0.6) is 0 Å². The lowest BCUT2D eigenvalue weighted by Crippen LogP contribution is -2.47. The third-order valence-electron chi connectivity index (χ3n) is 8.52. The summed E-state index contributed by atoms with van der Waals surface area (Å²) in [5, 5.41) is 3.17. The molecule has 5 rings (SSSR count). The van der Waals surface area contributed by atoms with Crippen molar-refractivity contribution in [3.63, 3.8) is 0 Å². The second-order valence-electron chi connectivity index (χ2n) is 11.3. The molecule has 5 heteroatoms. The number of aromatic nitrogens is 1. The normalized spacial score (nSPS) is 23.7. The van der Waals surface area contributed by atoms with Gasteiger partial charge in [-0.2, -0.15) is 0 Å². The fourth-order valence-corrected chi connectivity index (χ4v) is 5.87. The van der Waals surface area contributed by atoms with Crippen LogP contribution in [0.3, 0.4) is 0 Å². The number of hydrogen-bond acceptors (Lipinski definition) is 3. The Kier molecular flexibility index (Phi) is 6.30. The summed E-state index contributed by atoms with van der Waals surface area (Å²) in [4.78, 5) is 23.8. The van der Waals surface area contributed by atoms with Crippen molar-refractivity contribution in [3.05, 3.63) is 46.6 Å². The molecule has 0 saturated heterocycles. The molecule has 1 heterocycles. The van der Waals surface area contributed by atoms with Gasteiger partial charge in [0.25, 0.3) is 12.4 Å². The van der Waals surface area contributed by atoms with E-state index >= 15 is 0 Å². The van der Waals surface area contributed by atoms with Crippen LogP contribution in [0.1, 0.15) is 91.9 Å². The lowest BCUT2D eigenvalue weighted by atomic mass is 9.89. The molecule has 2 aromatic rings. The van der Waals surface area contributed by atoms with Crippen molar-refractivity contribution in [2.24, 2.45) is 5.92 Å². The number of ether oxygens (including phenoxy) is 1. The lowest BCUT2D eigenvalue weighted by Gasteiger charge is -2.34. The first kappa shape index (κ1) is 23.2. The molecule has 1 N–H and O–H groups in total. The van der Waals surface area contributed by atoms with Crippen LogP contribution >= 0.6 is 0 Å². The topological polar surface area (TPSA) is 60.3 Å². The largest absolute Gasteiger partial charge is 0.464 e. The number of nitrogens with zero attached hydrogens (tertiary/aromatic N) is 1. The standard InChI is InChI=1S/C29H38N2O3/c1-19-11-22(13-23(12-19)29(3)9-10-29)27-16-26(28(33)30-24-14-25(15-24)34-18-32)20(2)31(27)17-21-7-5-4-6-8-21/h11-13,16,18,21,24-25H,4-10,14-15,17H2,1-3H3,(H,30,33)/t24-,25-. The molecule has 0 bridgehead atoms. The number of carbonyl (C=O) groups is 2. The third-order valence-corrected chi connectivity index (χ3v) is 8.52. The second-order valence-corrected chi connectivity index (χ2v) is 11.3. The molecule has 34 heavy (non-hydrogen) atoms. The monoisotopic (exact) mass is 462 g/mol. The predicted octanol–water partition coefficient (Wildman–Crippen LogP) is 5.84. The quantitative estimate of drug-likeness (QED) is 0.502. The van der Waals surface area contributed by atoms with Crippen LogP contribution in [0.25, 0.3) is 11.3 Å². The molecular weight excluding hydrogens is 424 g/mol. The van der Waals surface area contributed by atoms with Gasteiger partial charge in [0.1, 0.15) is 6.10 Å². The number of amides is 1. The molecule has 3 aliphatic rings. The second kappa shape index (κ2) is 9.24. The Hall–Kier alpha value is -2.56. The summed E-state index contributed by atoms with van der Waals surface area (Å²) < 4.78 is 7.42. The summed E-state index contributed by atoms with van der Waals surface area (Å²) in [5.74, 6) is 0.658. The third kappa shape index (κ3) is 4.67. The van der Waals surface area contributed by atoms with Crippen LogP contribution in [0.2, 0.25) is 0 Å². The Morgan fingerprint density at radius 2 is 1.85 bits per heavy atom. The van der Waals surface area contributed by atoms with Gasteiger partial charge in [-0.05, 0) is 80.2 Å². The van der Waals surface area contributed by atoms with Crippen molar-refractivity contribution in [3.8, 4) is 11.3 Å². The highest BCUT2D eigenvalue weighted by molar-refractivity contribution is 5.97. The lowest BCUT2D eigenvalue weighted by molar-refractivity contribution is -0.138. The van der Waals surface area contributed by atoms with Gasteiger partial charge < -0.3 is 14.6 Å². The summed E-state index contributed by atoms with van der Waals surface area (Å²) in [7, 11) is 0. The number of nitrogens with one attached hydrogen (secondary N) is 1. The molecule has 0 unspecified atom stereocenters. The van der Waals surface area contributed by atoms with Gasteiger partial charge in [-0.3, -0.25) is 9.59 Å². The minimum atomic E-state index is -0.0649. The molecular formula is C29H38N2O3. The van der Waals surface area contributed by atoms with Crippen LogP contribution < -0.4 is 5.32 Å². The summed E-state index contributed by atoms with van der Waals surface area (Å²) in [5.41, 5.74) is 7.23. The average Bonchev–Trinajstić information content (AvgIpc) is 3.47. The molecule has 5 nitrogen and oxygen atoms in total. The first-order chi connectivity index (χ1) is 16.4. The number of hydrogen-bond donors (Lipinski definition) is 1. The van der Waals surface area contributed by atoms with E-state index in [-0.39, 0.29) is 18.1 Å². The van der Waals surface area contributed by atoms with E-state index in [1.807, 2.05) is 0 Å². The first-order valence-electron chi connectivity index (χ1n) is 13.1. The van der Waals surface area contributed by atoms with Crippen molar-refractivity contribution in [1.29, 1.82) is 0 Å². The number of rotatable bonds is 8. The van der Waals surface area contributed by atoms with Crippen LogP contribution in [0.4, 0.5) is 0 Å². The fourth-order valence-electron chi connectivity index (χ4n) is 5.87. The highest BCUT2D eigenvalue weighted by Gasteiger charge is 2.39. The van der Waals surface area contributed by atoms with Gasteiger partial charge in [0.05, 0.1) is 5.56 Å². The van der Waals surface area contributed by atoms with E-state index in [2.05, 4.69) is 54.9 Å². The van der Waals surface area contributed by atoms with Crippen molar-refractivity contribution >= 4 is 12.4 Å².